The Balaban J connectivity index is 1.35. The number of amides is 1. The van der Waals surface area contributed by atoms with Gasteiger partial charge in [0.15, 0.2) is 11.5 Å². The van der Waals surface area contributed by atoms with Crippen molar-refractivity contribution in [1.29, 1.82) is 0 Å². The molecule has 5 rings (SSSR count). The minimum Gasteiger partial charge on any atom is -0.454 e. The molecule has 1 amide bonds. The van der Waals surface area contributed by atoms with Crippen LogP contribution in [0.25, 0.3) is 10.2 Å². The van der Waals surface area contributed by atoms with E-state index in [4.69, 9.17) is 9.47 Å². The van der Waals surface area contributed by atoms with Crippen molar-refractivity contribution < 1.29 is 14.3 Å². The van der Waals surface area contributed by atoms with Gasteiger partial charge in [-0.05, 0) is 43.0 Å². The lowest BCUT2D eigenvalue weighted by atomic mass is 10.1. The minimum absolute atomic E-state index is 0.00845. The number of thiophene rings is 1. The lowest BCUT2D eigenvalue weighted by Crippen LogP contribution is -2.34. The maximum absolute atomic E-state index is 13.0. The van der Waals surface area contributed by atoms with Gasteiger partial charge in [-0.1, -0.05) is 31.7 Å². The number of carbonyl (C=O) groups is 1. The summed E-state index contributed by atoms with van der Waals surface area (Å²) in [5.74, 6) is 2.28. The third-order valence-corrected chi connectivity index (χ3v) is 7.22. The molecule has 7 nitrogen and oxygen atoms in total. The zero-order valence-corrected chi connectivity index (χ0v) is 18.4. The van der Waals surface area contributed by atoms with Gasteiger partial charge in [0.05, 0.1) is 10.3 Å². The van der Waals surface area contributed by atoms with Crippen molar-refractivity contribution in [3.63, 3.8) is 0 Å². The highest BCUT2D eigenvalue weighted by molar-refractivity contribution is 7.20. The smallest absolute Gasteiger partial charge is 0.261 e. The van der Waals surface area contributed by atoms with Gasteiger partial charge in [-0.3, -0.25) is 4.79 Å². The molecule has 0 atom stereocenters. The van der Waals surface area contributed by atoms with E-state index in [1.165, 1.54) is 37.0 Å². The maximum atomic E-state index is 13.0. The van der Waals surface area contributed by atoms with E-state index in [1.807, 2.05) is 25.1 Å². The van der Waals surface area contributed by atoms with Crippen LogP contribution in [0, 0.1) is 6.92 Å². The Labute approximate surface area is 185 Å². The number of ether oxygens (including phenoxy) is 2. The molecule has 1 aliphatic heterocycles. The Morgan fingerprint density at radius 2 is 1.94 bits per heavy atom. The van der Waals surface area contributed by atoms with E-state index in [9.17, 15) is 4.79 Å². The van der Waals surface area contributed by atoms with Crippen LogP contribution in [-0.4, -0.2) is 28.7 Å². The topological polar surface area (TPSA) is 85.4 Å². The molecule has 31 heavy (non-hydrogen) atoms. The number of carbonyl (C=O) groups excluding carboxylic acids is 1. The van der Waals surface area contributed by atoms with E-state index in [1.54, 1.807) is 6.33 Å². The average Bonchev–Trinajstić information content (AvgIpc) is 3.29. The van der Waals surface area contributed by atoms with Crippen LogP contribution in [0.5, 0.6) is 11.5 Å². The Kier molecular flexibility index (Phi) is 5.63. The van der Waals surface area contributed by atoms with Gasteiger partial charge < -0.3 is 20.1 Å². The van der Waals surface area contributed by atoms with Gasteiger partial charge in [-0.25, -0.2) is 9.97 Å². The number of hydrogen-bond donors (Lipinski definition) is 2. The predicted molar refractivity (Wildman–Crippen MR) is 121 cm³/mol. The Morgan fingerprint density at radius 3 is 2.77 bits per heavy atom. The lowest BCUT2D eigenvalue weighted by Gasteiger charge is -2.15. The molecule has 0 unspecified atom stereocenters. The summed E-state index contributed by atoms with van der Waals surface area (Å²) in [7, 11) is 0. The number of benzene rings is 1. The number of nitrogens with zero attached hydrogens (tertiary/aromatic N) is 2. The summed E-state index contributed by atoms with van der Waals surface area (Å²) >= 11 is 1.44. The van der Waals surface area contributed by atoms with E-state index in [2.05, 4.69) is 20.6 Å². The molecule has 3 heterocycles. The van der Waals surface area contributed by atoms with Crippen molar-refractivity contribution in [3.8, 4) is 11.5 Å². The number of aromatic nitrogens is 2. The first-order valence-corrected chi connectivity index (χ1v) is 11.7. The summed E-state index contributed by atoms with van der Waals surface area (Å²) in [6.07, 6.45) is 8.60. The van der Waals surface area contributed by atoms with E-state index >= 15 is 0 Å². The van der Waals surface area contributed by atoms with Crippen molar-refractivity contribution in [2.75, 3.05) is 12.1 Å². The van der Waals surface area contributed by atoms with Gasteiger partial charge >= 0.3 is 0 Å². The van der Waals surface area contributed by atoms with Crippen molar-refractivity contribution in [2.24, 2.45) is 0 Å². The van der Waals surface area contributed by atoms with Gasteiger partial charge in [0.25, 0.3) is 5.91 Å². The highest BCUT2D eigenvalue weighted by Crippen LogP contribution is 2.35. The number of fused-ring (bicyclic) bond motifs is 2. The van der Waals surface area contributed by atoms with Crippen molar-refractivity contribution in [3.05, 3.63) is 40.5 Å². The second-order valence-corrected chi connectivity index (χ2v) is 9.16. The molecule has 2 aromatic heterocycles. The second-order valence-electron chi connectivity index (χ2n) is 8.16. The van der Waals surface area contributed by atoms with E-state index in [-0.39, 0.29) is 18.7 Å². The summed E-state index contributed by atoms with van der Waals surface area (Å²) in [6.45, 7) is 2.83. The van der Waals surface area contributed by atoms with Gasteiger partial charge in [0.2, 0.25) is 6.79 Å². The standard InChI is InChI=1S/C23H26N4O3S/c1-14-19-21(24-11-15-8-9-17-18(10-15)30-13-29-17)25-12-26-23(19)31-20(14)22(28)27-16-6-4-2-3-5-7-16/h8-10,12,16H,2-7,11,13H2,1H3,(H,27,28)(H,24,25,26). The third kappa shape index (κ3) is 4.17. The average molecular weight is 439 g/mol. The number of aryl methyl sites for hydroxylation is 1. The summed E-state index contributed by atoms with van der Waals surface area (Å²) in [5.41, 5.74) is 2.00. The van der Waals surface area contributed by atoms with Crippen LogP contribution in [0.15, 0.2) is 24.5 Å². The molecular weight excluding hydrogens is 412 g/mol. The Morgan fingerprint density at radius 1 is 1.13 bits per heavy atom. The fourth-order valence-corrected chi connectivity index (χ4v) is 5.39. The number of hydrogen-bond acceptors (Lipinski definition) is 7. The fraction of sp³-hybridized carbons (Fsp3) is 0.435. The van der Waals surface area contributed by atoms with E-state index in [0.717, 1.165) is 56.4 Å². The molecular formula is C23H26N4O3S. The first kappa shape index (κ1) is 20.1. The molecule has 0 radical (unpaired) electrons. The number of rotatable bonds is 5. The Bertz CT molecular complexity index is 1110. The SMILES string of the molecule is Cc1c(C(=O)NC2CCCCCC2)sc2ncnc(NCc3ccc4c(c3)OCO4)c12. The normalized spacial score (nSPS) is 16.3. The summed E-state index contributed by atoms with van der Waals surface area (Å²) in [5, 5.41) is 7.58. The lowest BCUT2D eigenvalue weighted by molar-refractivity contribution is 0.0937. The molecule has 1 aliphatic carbocycles. The molecule has 0 bridgehead atoms. The molecule has 1 saturated carbocycles. The van der Waals surface area contributed by atoms with Crippen LogP contribution in [0.1, 0.15) is 59.3 Å². The molecule has 8 heteroatoms. The largest absolute Gasteiger partial charge is 0.454 e. The molecule has 2 aliphatic rings. The first-order chi connectivity index (χ1) is 15.2. The predicted octanol–water partition coefficient (Wildman–Crippen LogP) is 4.79. The second kappa shape index (κ2) is 8.70. The quantitative estimate of drug-likeness (QED) is 0.557. The van der Waals surface area contributed by atoms with Crippen molar-refractivity contribution in [2.45, 2.75) is 58.0 Å². The Hall–Kier alpha value is -2.87. The van der Waals surface area contributed by atoms with Crippen molar-refractivity contribution in [1.82, 2.24) is 15.3 Å². The van der Waals surface area contributed by atoms with Crippen LogP contribution >= 0.6 is 11.3 Å². The van der Waals surface area contributed by atoms with Gasteiger partial charge in [-0.15, -0.1) is 11.3 Å². The van der Waals surface area contributed by atoms with E-state index in [0.29, 0.717) is 6.54 Å². The van der Waals surface area contributed by atoms with Crippen LogP contribution < -0.4 is 20.1 Å². The highest BCUT2D eigenvalue weighted by atomic mass is 32.1. The van der Waals surface area contributed by atoms with Crippen LogP contribution in [0.4, 0.5) is 5.82 Å². The molecule has 1 aromatic carbocycles. The maximum Gasteiger partial charge on any atom is 0.261 e. The summed E-state index contributed by atoms with van der Waals surface area (Å²) < 4.78 is 10.8. The van der Waals surface area contributed by atoms with Crippen LogP contribution in [0.3, 0.4) is 0 Å². The molecule has 1 fully saturated rings. The molecule has 2 N–H and O–H groups in total. The zero-order valence-electron chi connectivity index (χ0n) is 17.6. The fourth-order valence-electron chi connectivity index (χ4n) is 4.33. The minimum atomic E-state index is 0.00845. The molecule has 162 valence electrons. The number of anilines is 1. The molecule has 3 aromatic rings. The summed E-state index contributed by atoms with van der Waals surface area (Å²) in [6, 6.07) is 6.17. The van der Waals surface area contributed by atoms with Crippen molar-refractivity contribution >= 4 is 33.3 Å². The molecule has 0 spiro atoms. The van der Waals surface area contributed by atoms with Crippen LogP contribution in [0.2, 0.25) is 0 Å². The number of nitrogens with one attached hydrogen (secondary N) is 2. The monoisotopic (exact) mass is 438 g/mol. The zero-order chi connectivity index (χ0) is 21.2. The van der Waals surface area contributed by atoms with Crippen LogP contribution in [-0.2, 0) is 6.54 Å². The summed E-state index contributed by atoms with van der Waals surface area (Å²) in [4.78, 5) is 23.4. The van der Waals surface area contributed by atoms with Gasteiger partial charge in [0, 0.05) is 12.6 Å². The van der Waals surface area contributed by atoms with Gasteiger partial charge in [-0.2, -0.15) is 0 Å². The van der Waals surface area contributed by atoms with E-state index < -0.39 is 0 Å². The van der Waals surface area contributed by atoms with Gasteiger partial charge in [0.1, 0.15) is 17.0 Å². The molecule has 0 saturated heterocycles. The first-order valence-electron chi connectivity index (χ1n) is 10.9. The third-order valence-electron chi connectivity index (χ3n) is 6.02. The highest BCUT2D eigenvalue weighted by Gasteiger charge is 2.22.